The van der Waals surface area contributed by atoms with Crippen molar-refractivity contribution in [2.45, 2.75) is 60.4 Å². The van der Waals surface area contributed by atoms with Crippen molar-refractivity contribution in [3.63, 3.8) is 0 Å². The molecule has 0 spiro atoms. The average molecular weight is 282 g/mol. The van der Waals surface area contributed by atoms with Crippen LogP contribution in [0.1, 0.15) is 54.4 Å². The highest BCUT2D eigenvalue weighted by Crippen LogP contribution is 2.31. The summed E-state index contributed by atoms with van der Waals surface area (Å²) in [6.07, 6.45) is 2.01. The Bertz CT molecular complexity index is 386. The van der Waals surface area contributed by atoms with Gasteiger partial charge in [0, 0.05) is 37.0 Å². The molecule has 0 N–H and O–H groups in total. The summed E-state index contributed by atoms with van der Waals surface area (Å²) in [5.74, 6) is 0.593. The molecule has 2 rings (SSSR count). The second-order valence-electron chi connectivity index (χ2n) is 7.59. The minimum absolute atomic E-state index is 0.0885. The van der Waals surface area contributed by atoms with Gasteiger partial charge in [-0.25, -0.2) is 0 Å². The van der Waals surface area contributed by atoms with E-state index in [9.17, 15) is 9.59 Å². The highest BCUT2D eigenvalue weighted by molar-refractivity contribution is 5.84. The number of likely N-dealkylation sites (tertiary alicyclic amines) is 2. The van der Waals surface area contributed by atoms with Crippen molar-refractivity contribution in [1.82, 2.24) is 9.80 Å². The molecule has 0 aromatic rings. The summed E-state index contributed by atoms with van der Waals surface area (Å²) in [5.41, 5.74) is -0.195. The van der Waals surface area contributed by atoms with Gasteiger partial charge in [0.05, 0.1) is 0 Å². The predicted octanol–water partition coefficient (Wildman–Crippen LogP) is 2.53. The Morgan fingerprint density at radius 1 is 0.900 bits per heavy atom. The number of rotatable bonds is 1. The van der Waals surface area contributed by atoms with Gasteiger partial charge in [-0.1, -0.05) is 27.7 Å². The van der Waals surface area contributed by atoms with Crippen LogP contribution in [0.2, 0.25) is 0 Å². The Morgan fingerprint density at radius 2 is 1.35 bits per heavy atom. The van der Waals surface area contributed by atoms with Gasteiger partial charge in [0.15, 0.2) is 0 Å². The molecule has 0 unspecified atom stereocenters. The molecule has 0 bridgehead atoms. The summed E-state index contributed by atoms with van der Waals surface area (Å²) in [6, 6.07) is 0.365. The molecule has 0 aromatic carbocycles. The van der Waals surface area contributed by atoms with Crippen molar-refractivity contribution in [2.24, 2.45) is 10.8 Å². The van der Waals surface area contributed by atoms with Gasteiger partial charge < -0.3 is 9.80 Å². The molecule has 0 aliphatic carbocycles. The van der Waals surface area contributed by atoms with Crippen LogP contribution in [0.15, 0.2) is 0 Å². The minimum Gasteiger partial charge on any atom is -0.345 e. The van der Waals surface area contributed by atoms with Gasteiger partial charge in [0.2, 0.25) is 11.8 Å². The predicted molar refractivity (Wildman–Crippen MR) is 81.3 cm³/mol. The topological polar surface area (TPSA) is 40.6 Å². The van der Waals surface area contributed by atoms with E-state index in [-0.39, 0.29) is 16.7 Å². The SMILES string of the molecule is CC(C)N1CCC(C)(C)C1=O.CN1CCC(C)(C)C1=O. The summed E-state index contributed by atoms with van der Waals surface area (Å²) in [5, 5.41) is 0. The van der Waals surface area contributed by atoms with E-state index in [1.54, 1.807) is 4.90 Å². The van der Waals surface area contributed by atoms with Gasteiger partial charge in [-0.05, 0) is 26.7 Å². The maximum absolute atomic E-state index is 11.6. The molecule has 4 nitrogen and oxygen atoms in total. The van der Waals surface area contributed by atoms with Gasteiger partial charge in [-0.3, -0.25) is 9.59 Å². The maximum atomic E-state index is 11.6. The fraction of sp³-hybridized carbons (Fsp3) is 0.875. The van der Waals surface area contributed by atoms with Crippen LogP contribution in [-0.4, -0.2) is 47.8 Å². The molecule has 0 radical (unpaired) electrons. The number of amides is 2. The lowest BCUT2D eigenvalue weighted by atomic mass is 9.92. The molecular formula is C16H30N2O2. The normalized spacial score (nSPS) is 24.2. The van der Waals surface area contributed by atoms with Crippen molar-refractivity contribution >= 4 is 11.8 Å². The Balaban J connectivity index is 0.000000204. The molecule has 2 aliphatic rings. The fourth-order valence-corrected chi connectivity index (χ4v) is 2.66. The number of nitrogens with zero attached hydrogens (tertiary/aromatic N) is 2. The molecule has 0 saturated carbocycles. The zero-order valence-electron chi connectivity index (χ0n) is 14.1. The van der Waals surface area contributed by atoms with Crippen molar-refractivity contribution in [3.8, 4) is 0 Å². The van der Waals surface area contributed by atoms with Crippen LogP contribution >= 0.6 is 0 Å². The van der Waals surface area contributed by atoms with Gasteiger partial charge in [-0.2, -0.15) is 0 Å². The number of carbonyl (C=O) groups is 2. The summed E-state index contributed by atoms with van der Waals surface area (Å²) in [7, 11) is 1.86. The quantitative estimate of drug-likeness (QED) is 0.741. The maximum Gasteiger partial charge on any atom is 0.228 e. The molecule has 2 saturated heterocycles. The third kappa shape index (κ3) is 3.53. The van der Waals surface area contributed by atoms with E-state index in [4.69, 9.17) is 0 Å². The smallest absolute Gasteiger partial charge is 0.228 e. The first kappa shape index (κ1) is 17.0. The summed E-state index contributed by atoms with van der Waals surface area (Å²) in [6.45, 7) is 14.0. The molecule has 0 atom stereocenters. The van der Waals surface area contributed by atoms with Crippen molar-refractivity contribution < 1.29 is 9.59 Å². The lowest BCUT2D eigenvalue weighted by Crippen LogP contribution is -2.35. The lowest BCUT2D eigenvalue weighted by Gasteiger charge is -2.22. The Kier molecular flexibility index (Phi) is 4.88. The van der Waals surface area contributed by atoms with Gasteiger partial charge in [0.1, 0.15) is 0 Å². The first-order valence-corrected chi connectivity index (χ1v) is 7.56. The zero-order valence-corrected chi connectivity index (χ0v) is 14.1. The van der Waals surface area contributed by atoms with Crippen LogP contribution < -0.4 is 0 Å². The third-order valence-electron chi connectivity index (χ3n) is 4.44. The van der Waals surface area contributed by atoms with Crippen LogP contribution in [-0.2, 0) is 9.59 Å². The fourth-order valence-electron chi connectivity index (χ4n) is 2.66. The molecule has 0 aromatic heterocycles. The number of hydrogen-bond acceptors (Lipinski definition) is 2. The number of carbonyl (C=O) groups excluding carboxylic acids is 2. The van der Waals surface area contributed by atoms with E-state index in [2.05, 4.69) is 13.8 Å². The van der Waals surface area contributed by atoms with E-state index in [0.717, 1.165) is 25.9 Å². The first-order chi connectivity index (χ1) is 8.99. The van der Waals surface area contributed by atoms with Gasteiger partial charge >= 0.3 is 0 Å². The monoisotopic (exact) mass is 282 g/mol. The van der Waals surface area contributed by atoms with Crippen molar-refractivity contribution in [3.05, 3.63) is 0 Å². The van der Waals surface area contributed by atoms with E-state index in [1.165, 1.54) is 0 Å². The highest BCUT2D eigenvalue weighted by atomic mass is 16.2. The molecule has 2 aliphatic heterocycles. The molecule has 20 heavy (non-hydrogen) atoms. The van der Waals surface area contributed by atoms with Gasteiger partial charge in [-0.15, -0.1) is 0 Å². The van der Waals surface area contributed by atoms with E-state index >= 15 is 0 Å². The largest absolute Gasteiger partial charge is 0.345 e. The Morgan fingerprint density at radius 3 is 1.50 bits per heavy atom. The summed E-state index contributed by atoms with van der Waals surface area (Å²) >= 11 is 0. The minimum atomic E-state index is -0.107. The van der Waals surface area contributed by atoms with Crippen LogP contribution in [0.25, 0.3) is 0 Å². The van der Waals surface area contributed by atoms with Crippen molar-refractivity contribution in [1.29, 1.82) is 0 Å². The Labute approximate surface area is 123 Å². The van der Waals surface area contributed by atoms with Gasteiger partial charge in [0.25, 0.3) is 0 Å². The standard InChI is InChI=1S/C9H17NO.C7H13NO/c1-7(2)10-6-5-9(3,4)8(10)11;1-7(2)4-5-8(3)6(7)9/h7H,5-6H2,1-4H3;4-5H2,1-3H3. The molecule has 2 amide bonds. The average Bonchev–Trinajstić information content (AvgIpc) is 2.72. The molecule has 116 valence electrons. The second kappa shape index (κ2) is 5.74. The first-order valence-electron chi connectivity index (χ1n) is 7.56. The highest BCUT2D eigenvalue weighted by Gasteiger charge is 2.39. The lowest BCUT2D eigenvalue weighted by molar-refractivity contribution is -0.136. The van der Waals surface area contributed by atoms with E-state index in [0.29, 0.717) is 11.9 Å². The molecule has 2 heterocycles. The Hall–Kier alpha value is -1.06. The van der Waals surface area contributed by atoms with Crippen LogP contribution in [0.5, 0.6) is 0 Å². The third-order valence-corrected chi connectivity index (χ3v) is 4.44. The van der Waals surface area contributed by atoms with E-state index < -0.39 is 0 Å². The second-order valence-corrected chi connectivity index (χ2v) is 7.59. The van der Waals surface area contributed by atoms with E-state index in [1.807, 2.05) is 39.6 Å². The summed E-state index contributed by atoms with van der Waals surface area (Å²) in [4.78, 5) is 26.5. The molecule has 2 fully saturated rings. The van der Waals surface area contributed by atoms with Crippen LogP contribution in [0.4, 0.5) is 0 Å². The van der Waals surface area contributed by atoms with Crippen molar-refractivity contribution in [2.75, 3.05) is 20.1 Å². The van der Waals surface area contributed by atoms with Crippen LogP contribution in [0.3, 0.4) is 0 Å². The number of hydrogen-bond donors (Lipinski definition) is 0. The summed E-state index contributed by atoms with van der Waals surface area (Å²) < 4.78 is 0. The molecular weight excluding hydrogens is 252 g/mol. The zero-order chi connectivity index (χ0) is 15.7. The van der Waals surface area contributed by atoms with Crippen LogP contribution in [0, 0.1) is 10.8 Å². The molecule has 4 heteroatoms.